The van der Waals surface area contributed by atoms with E-state index < -0.39 is 46.2 Å². The summed E-state index contributed by atoms with van der Waals surface area (Å²) in [5, 5.41) is 20.8. The molecule has 0 saturated carbocycles. The van der Waals surface area contributed by atoms with E-state index >= 15 is 0 Å². The van der Waals surface area contributed by atoms with Crippen molar-refractivity contribution in [1.82, 2.24) is 21.3 Å². The molecule has 0 aliphatic carbocycles. The van der Waals surface area contributed by atoms with Crippen LogP contribution in [0, 0.1) is 10.1 Å². The molecule has 1 aromatic carbocycles. The SMILES string of the molecule is CC(C)(C)OC(=O)NCC(=O)NCCNC(=O)[C@H](Cc1ccc([N+](=O)[O-])cc1)NC(=O)OC(C)(C)C. The Kier molecular flexibility index (Phi) is 11.1. The highest BCUT2D eigenvalue weighted by molar-refractivity contribution is 5.86. The molecule has 0 aliphatic heterocycles. The third-order valence-corrected chi connectivity index (χ3v) is 4.13. The van der Waals surface area contributed by atoms with Gasteiger partial charge in [-0.25, -0.2) is 9.59 Å². The topological polar surface area (TPSA) is 178 Å². The quantitative estimate of drug-likeness (QED) is 0.209. The predicted molar refractivity (Wildman–Crippen MR) is 130 cm³/mol. The van der Waals surface area contributed by atoms with Crippen molar-refractivity contribution in [2.45, 2.75) is 65.2 Å². The summed E-state index contributed by atoms with van der Waals surface area (Å²) in [7, 11) is 0. The van der Waals surface area contributed by atoms with E-state index in [0.29, 0.717) is 5.56 Å². The van der Waals surface area contributed by atoms with Crippen molar-refractivity contribution >= 4 is 29.7 Å². The molecule has 4 amide bonds. The summed E-state index contributed by atoms with van der Waals surface area (Å²) < 4.78 is 10.3. The van der Waals surface area contributed by atoms with E-state index in [2.05, 4.69) is 21.3 Å². The van der Waals surface area contributed by atoms with E-state index in [9.17, 15) is 29.3 Å². The molecule has 0 aliphatic rings. The van der Waals surface area contributed by atoms with Crippen molar-refractivity contribution in [2.75, 3.05) is 19.6 Å². The number of nitro groups is 1. The van der Waals surface area contributed by atoms with Gasteiger partial charge in [-0.05, 0) is 47.1 Å². The second kappa shape index (κ2) is 13.3. The average molecular weight is 510 g/mol. The van der Waals surface area contributed by atoms with Gasteiger partial charge in [0.05, 0.1) is 11.5 Å². The number of rotatable bonds is 10. The monoisotopic (exact) mass is 509 g/mol. The average Bonchev–Trinajstić information content (AvgIpc) is 2.72. The summed E-state index contributed by atoms with van der Waals surface area (Å²) in [5.74, 6) is -1.02. The fourth-order valence-corrected chi connectivity index (χ4v) is 2.69. The summed E-state index contributed by atoms with van der Waals surface area (Å²) >= 11 is 0. The Morgan fingerprint density at radius 1 is 0.861 bits per heavy atom. The van der Waals surface area contributed by atoms with Crippen molar-refractivity contribution in [3.63, 3.8) is 0 Å². The molecule has 0 saturated heterocycles. The standard InChI is InChI=1S/C23H35N5O8/c1-22(2,3)35-20(31)26-14-18(29)24-11-12-25-19(30)17(27-21(32)36-23(4,5)6)13-15-7-9-16(10-8-15)28(33)34/h7-10,17H,11-14H2,1-6H3,(H,24,29)(H,25,30)(H,26,31)(H,27,32)/t17-/m0/s1. The van der Waals surface area contributed by atoms with Gasteiger partial charge in [-0.2, -0.15) is 0 Å². The molecule has 36 heavy (non-hydrogen) atoms. The largest absolute Gasteiger partial charge is 0.444 e. The van der Waals surface area contributed by atoms with Crippen molar-refractivity contribution in [1.29, 1.82) is 0 Å². The predicted octanol–water partition coefficient (Wildman–Crippen LogP) is 1.79. The lowest BCUT2D eigenvalue weighted by molar-refractivity contribution is -0.384. The lowest BCUT2D eigenvalue weighted by Gasteiger charge is -2.23. The van der Waals surface area contributed by atoms with Crippen LogP contribution in [-0.2, 0) is 25.5 Å². The first-order valence-corrected chi connectivity index (χ1v) is 11.3. The molecule has 1 atom stereocenters. The molecule has 0 aromatic heterocycles. The van der Waals surface area contributed by atoms with E-state index in [4.69, 9.17) is 9.47 Å². The van der Waals surface area contributed by atoms with Crippen LogP contribution in [0.4, 0.5) is 15.3 Å². The number of hydrogen-bond donors (Lipinski definition) is 4. The Morgan fingerprint density at radius 2 is 1.39 bits per heavy atom. The molecule has 1 aromatic rings. The summed E-state index contributed by atoms with van der Waals surface area (Å²) in [4.78, 5) is 58.8. The molecule has 200 valence electrons. The smallest absolute Gasteiger partial charge is 0.408 e. The Balaban J connectivity index is 2.63. The maximum absolute atomic E-state index is 12.7. The number of non-ortho nitro benzene ring substituents is 1. The molecule has 4 N–H and O–H groups in total. The summed E-state index contributed by atoms with van der Waals surface area (Å²) in [6.45, 7) is 9.94. The zero-order valence-corrected chi connectivity index (χ0v) is 21.4. The number of alkyl carbamates (subject to hydrolysis) is 2. The maximum Gasteiger partial charge on any atom is 0.408 e. The van der Waals surface area contributed by atoms with Crippen LogP contribution in [0.5, 0.6) is 0 Å². The maximum atomic E-state index is 12.7. The molecule has 0 spiro atoms. The first kappa shape index (κ1) is 30.1. The third-order valence-electron chi connectivity index (χ3n) is 4.13. The Labute approximate surface area is 209 Å². The van der Waals surface area contributed by atoms with E-state index in [-0.39, 0.29) is 31.7 Å². The number of carbonyl (C=O) groups excluding carboxylic acids is 4. The fourth-order valence-electron chi connectivity index (χ4n) is 2.69. The number of carbonyl (C=O) groups is 4. The molecule has 0 heterocycles. The van der Waals surface area contributed by atoms with E-state index in [1.54, 1.807) is 41.5 Å². The summed E-state index contributed by atoms with van der Waals surface area (Å²) in [6, 6.07) is 4.56. The lowest BCUT2D eigenvalue weighted by atomic mass is 10.0. The van der Waals surface area contributed by atoms with Crippen molar-refractivity contribution in [3.05, 3.63) is 39.9 Å². The molecule has 13 heteroatoms. The van der Waals surface area contributed by atoms with Crippen LogP contribution in [0.15, 0.2) is 24.3 Å². The highest BCUT2D eigenvalue weighted by Gasteiger charge is 2.25. The van der Waals surface area contributed by atoms with E-state index in [0.717, 1.165) is 0 Å². The molecular formula is C23H35N5O8. The second-order valence-corrected chi connectivity index (χ2v) is 9.82. The zero-order chi connectivity index (χ0) is 27.5. The Morgan fingerprint density at radius 3 is 1.92 bits per heavy atom. The van der Waals surface area contributed by atoms with Crippen LogP contribution in [0.3, 0.4) is 0 Å². The highest BCUT2D eigenvalue weighted by atomic mass is 16.6. The fraction of sp³-hybridized carbons (Fsp3) is 0.565. The highest BCUT2D eigenvalue weighted by Crippen LogP contribution is 2.14. The van der Waals surface area contributed by atoms with Gasteiger partial charge in [0.15, 0.2) is 0 Å². The minimum Gasteiger partial charge on any atom is -0.444 e. The number of ether oxygens (including phenoxy) is 2. The van der Waals surface area contributed by atoms with Crippen LogP contribution in [0.1, 0.15) is 47.1 Å². The van der Waals surface area contributed by atoms with Gasteiger partial charge >= 0.3 is 12.2 Å². The second-order valence-electron chi connectivity index (χ2n) is 9.82. The minimum atomic E-state index is -1.04. The molecule has 0 bridgehead atoms. The Bertz CT molecular complexity index is 935. The Hall–Kier alpha value is -3.90. The normalized spacial score (nSPS) is 12.1. The van der Waals surface area contributed by atoms with Gasteiger partial charge in [-0.15, -0.1) is 0 Å². The number of hydrogen-bond acceptors (Lipinski definition) is 8. The zero-order valence-electron chi connectivity index (χ0n) is 21.4. The van der Waals surface area contributed by atoms with Crippen molar-refractivity contribution in [2.24, 2.45) is 0 Å². The van der Waals surface area contributed by atoms with Crippen LogP contribution in [-0.4, -0.2) is 65.8 Å². The van der Waals surface area contributed by atoms with Gasteiger partial charge in [-0.1, -0.05) is 12.1 Å². The molecular weight excluding hydrogens is 474 g/mol. The van der Waals surface area contributed by atoms with Crippen LogP contribution in [0.2, 0.25) is 0 Å². The van der Waals surface area contributed by atoms with E-state index in [1.165, 1.54) is 24.3 Å². The first-order chi connectivity index (χ1) is 16.6. The van der Waals surface area contributed by atoms with Gasteiger partial charge in [0, 0.05) is 31.6 Å². The van der Waals surface area contributed by atoms with Crippen molar-refractivity contribution in [3.8, 4) is 0 Å². The molecule has 1 rings (SSSR count). The number of nitro benzene ring substituents is 1. The lowest BCUT2D eigenvalue weighted by Crippen LogP contribution is -2.50. The third kappa shape index (κ3) is 13.1. The summed E-state index contributed by atoms with van der Waals surface area (Å²) in [6.07, 6.45) is -1.48. The van der Waals surface area contributed by atoms with Gasteiger partial charge in [-0.3, -0.25) is 19.7 Å². The van der Waals surface area contributed by atoms with Gasteiger partial charge < -0.3 is 30.7 Å². The summed E-state index contributed by atoms with van der Waals surface area (Å²) in [5.41, 5.74) is -0.991. The molecule has 0 radical (unpaired) electrons. The minimum absolute atomic E-state index is 0.0454. The van der Waals surface area contributed by atoms with Gasteiger partial charge in [0.1, 0.15) is 17.2 Å². The van der Waals surface area contributed by atoms with Crippen LogP contribution in [0.25, 0.3) is 0 Å². The molecule has 0 fully saturated rings. The van der Waals surface area contributed by atoms with Crippen LogP contribution < -0.4 is 21.3 Å². The number of benzene rings is 1. The van der Waals surface area contributed by atoms with Gasteiger partial charge in [0.25, 0.3) is 5.69 Å². The number of amides is 4. The van der Waals surface area contributed by atoms with Gasteiger partial charge in [0.2, 0.25) is 11.8 Å². The van der Waals surface area contributed by atoms with Crippen LogP contribution >= 0.6 is 0 Å². The first-order valence-electron chi connectivity index (χ1n) is 11.3. The number of nitrogens with zero attached hydrogens (tertiary/aromatic N) is 1. The van der Waals surface area contributed by atoms with E-state index in [1.807, 2.05) is 0 Å². The molecule has 13 nitrogen and oxygen atoms in total. The van der Waals surface area contributed by atoms with Crippen molar-refractivity contribution < 1.29 is 33.6 Å². The molecule has 0 unspecified atom stereocenters. The number of nitrogens with one attached hydrogen (secondary N) is 4.